The predicted octanol–water partition coefficient (Wildman–Crippen LogP) is 2.03. The van der Waals surface area contributed by atoms with E-state index in [0.29, 0.717) is 24.7 Å². The summed E-state index contributed by atoms with van der Waals surface area (Å²) in [6.07, 6.45) is 3.61. The second kappa shape index (κ2) is 8.71. The Bertz CT molecular complexity index is 834. The van der Waals surface area contributed by atoms with Crippen LogP contribution in [-0.2, 0) is 16.1 Å². The summed E-state index contributed by atoms with van der Waals surface area (Å²) in [6.45, 7) is 2.75. The lowest BCUT2D eigenvalue weighted by atomic mass is 9.98. The highest BCUT2D eigenvalue weighted by molar-refractivity contribution is 5.98. The summed E-state index contributed by atoms with van der Waals surface area (Å²) in [7, 11) is 0. The summed E-state index contributed by atoms with van der Waals surface area (Å²) in [4.78, 5) is 28.3. The van der Waals surface area contributed by atoms with Crippen LogP contribution in [0.3, 0.4) is 0 Å². The highest BCUT2D eigenvalue weighted by Crippen LogP contribution is 2.30. The van der Waals surface area contributed by atoms with Crippen molar-refractivity contribution < 1.29 is 28.9 Å². The maximum atomic E-state index is 12.6. The Kier molecular flexibility index (Phi) is 6.10. The summed E-state index contributed by atoms with van der Waals surface area (Å²) in [5.41, 5.74) is -0.223. The van der Waals surface area contributed by atoms with E-state index in [1.807, 2.05) is 19.1 Å². The van der Waals surface area contributed by atoms with Crippen molar-refractivity contribution in [1.29, 1.82) is 0 Å². The molecule has 1 atom stereocenters. The van der Waals surface area contributed by atoms with Crippen molar-refractivity contribution in [2.45, 2.75) is 25.5 Å². The van der Waals surface area contributed by atoms with E-state index < -0.39 is 17.4 Å². The number of hydrogen-bond donors (Lipinski definition) is 2. The molecule has 3 rings (SSSR count). The van der Waals surface area contributed by atoms with E-state index in [9.17, 15) is 14.7 Å². The second-order valence-corrected chi connectivity index (χ2v) is 6.39. The van der Waals surface area contributed by atoms with Gasteiger partial charge in [0.15, 0.2) is 17.0 Å². The van der Waals surface area contributed by atoms with Gasteiger partial charge in [-0.15, -0.1) is 0 Å². The lowest BCUT2D eigenvalue weighted by Gasteiger charge is -2.24. The maximum Gasteiger partial charge on any atom is 0.331 e. The number of carbonyl (C=O) groups is 2. The van der Waals surface area contributed by atoms with Crippen molar-refractivity contribution in [1.82, 2.24) is 10.3 Å². The molecule has 1 aliphatic heterocycles. The molecule has 8 nitrogen and oxygen atoms in total. The van der Waals surface area contributed by atoms with Gasteiger partial charge in [-0.3, -0.25) is 9.78 Å². The number of amides is 1. The average molecular weight is 386 g/mol. The molecule has 0 saturated carbocycles. The molecule has 0 radical (unpaired) electrons. The monoisotopic (exact) mass is 386 g/mol. The SMILES string of the molecule is CCOc1cc(C(=O)NC2(C(=O)O)CCOC2)ccc1OCc1cccnc1. The molecule has 1 saturated heterocycles. The van der Waals surface area contributed by atoms with Gasteiger partial charge in [-0.2, -0.15) is 0 Å². The van der Waals surface area contributed by atoms with Gasteiger partial charge in [-0.1, -0.05) is 6.07 Å². The zero-order valence-electron chi connectivity index (χ0n) is 15.5. The van der Waals surface area contributed by atoms with Crippen LogP contribution in [-0.4, -0.2) is 47.3 Å². The number of carboxylic acid groups (broad SMARTS) is 1. The third kappa shape index (κ3) is 4.40. The van der Waals surface area contributed by atoms with Gasteiger partial charge in [-0.05, 0) is 31.2 Å². The van der Waals surface area contributed by atoms with Crippen LogP contribution < -0.4 is 14.8 Å². The van der Waals surface area contributed by atoms with Crippen molar-refractivity contribution in [3.8, 4) is 11.5 Å². The Hall–Kier alpha value is -3.13. The molecule has 0 bridgehead atoms. The standard InChI is InChI=1S/C20H22N2O6/c1-2-27-17-10-15(18(23)22-20(19(24)25)7-9-26-13-20)5-6-16(17)28-12-14-4-3-8-21-11-14/h3-6,8,10-11H,2,7,9,12-13H2,1H3,(H,22,23)(H,24,25). The van der Waals surface area contributed by atoms with Crippen molar-refractivity contribution in [2.24, 2.45) is 0 Å². The minimum atomic E-state index is -1.40. The van der Waals surface area contributed by atoms with Gasteiger partial charge in [0.05, 0.1) is 13.2 Å². The smallest absolute Gasteiger partial charge is 0.331 e. The number of nitrogens with one attached hydrogen (secondary N) is 1. The van der Waals surface area contributed by atoms with Crippen LogP contribution in [0.1, 0.15) is 29.3 Å². The molecule has 8 heteroatoms. The number of carboxylic acids is 1. The molecule has 1 aromatic carbocycles. The lowest BCUT2D eigenvalue weighted by Crippen LogP contribution is -2.55. The molecule has 1 aromatic heterocycles. The van der Waals surface area contributed by atoms with Gasteiger partial charge in [0.2, 0.25) is 0 Å². The number of nitrogens with zero attached hydrogens (tertiary/aromatic N) is 1. The van der Waals surface area contributed by atoms with E-state index in [0.717, 1.165) is 5.56 Å². The largest absolute Gasteiger partial charge is 0.490 e. The number of hydrogen-bond acceptors (Lipinski definition) is 6. The van der Waals surface area contributed by atoms with Gasteiger partial charge in [-0.25, -0.2) is 4.79 Å². The molecule has 0 aliphatic carbocycles. The van der Waals surface area contributed by atoms with Crippen LogP contribution in [0.25, 0.3) is 0 Å². The predicted molar refractivity (Wildman–Crippen MR) is 99.4 cm³/mol. The zero-order chi connectivity index (χ0) is 20.0. The molecular weight excluding hydrogens is 364 g/mol. The van der Waals surface area contributed by atoms with Crippen LogP contribution in [0, 0.1) is 0 Å². The molecule has 2 heterocycles. The number of carbonyl (C=O) groups excluding carboxylic acids is 1. The molecule has 2 N–H and O–H groups in total. The average Bonchev–Trinajstić information content (AvgIpc) is 3.18. The van der Waals surface area contributed by atoms with Crippen molar-refractivity contribution in [3.05, 3.63) is 53.9 Å². The molecule has 148 valence electrons. The fraction of sp³-hybridized carbons (Fsp3) is 0.350. The Morgan fingerprint density at radius 1 is 1.29 bits per heavy atom. The molecule has 1 unspecified atom stereocenters. The molecule has 1 aliphatic rings. The van der Waals surface area contributed by atoms with Gasteiger partial charge >= 0.3 is 5.97 Å². The van der Waals surface area contributed by atoms with E-state index in [4.69, 9.17) is 14.2 Å². The molecule has 1 amide bonds. The fourth-order valence-electron chi connectivity index (χ4n) is 2.86. The number of aliphatic carboxylic acids is 1. The highest BCUT2D eigenvalue weighted by Gasteiger charge is 2.44. The number of aromatic nitrogens is 1. The van der Waals surface area contributed by atoms with Crippen LogP contribution in [0.2, 0.25) is 0 Å². The number of rotatable bonds is 8. The van der Waals surface area contributed by atoms with Gasteiger partial charge in [0.25, 0.3) is 5.91 Å². The normalized spacial score (nSPS) is 18.5. The van der Waals surface area contributed by atoms with Gasteiger partial charge in [0, 0.05) is 36.5 Å². The highest BCUT2D eigenvalue weighted by atomic mass is 16.5. The van der Waals surface area contributed by atoms with E-state index in [1.165, 1.54) is 0 Å². The van der Waals surface area contributed by atoms with Gasteiger partial charge < -0.3 is 24.6 Å². The molecule has 28 heavy (non-hydrogen) atoms. The topological polar surface area (TPSA) is 107 Å². The Labute approximate surface area is 162 Å². The number of ether oxygens (including phenoxy) is 3. The van der Waals surface area contributed by atoms with Crippen molar-refractivity contribution >= 4 is 11.9 Å². The first-order chi connectivity index (χ1) is 13.5. The molecule has 2 aromatic rings. The first-order valence-corrected chi connectivity index (χ1v) is 8.96. The van der Waals surface area contributed by atoms with E-state index >= 15 is 0 Å². The summed E-state index contributed by atoms with van der Waals surface area (Å²) < 4.78 is 16.6. The van der Waals surface area contributed by atoms with E-state index in [-0.39, 0.29) is 25.2 Å². The lowest BCUT2D eigenvalue weighted by molar-refractivity contribution is -0.144. The fourth-order valence-corrected chi connectivity index (χ4v) is 2.86. The van der Waals surface area contributed by atoms with E-state index in [2.05, 4.69) is 10.3 Å². The zero-order valence-corrected chi connectivity index (χ0v) is 15.5. The third-order valence-corrected chi connectivity index (χ3v) is 4.41. The van der Waals surface area contributed by atoms with Crippen molar-refractivity contribution in [2.75, 3.05) is 19.8 Å². The molecular formula is C20H22N2O6. The quantitative estimate of drug-likeness (QED) is 0.715. The van der Waals surface area contributed by atoms with Crippen molar-refractivity contribution in [3.63, 3.8) is 0 Å². The maximum absolute atomic E-state index is 12.6. The van der Waals surface area contributed by atoms with Crippen LogP contribution in [0.15, 0.2) is 42.7 Å². The Morgan fingerprint density at radius 3 is 2.79 bits per heavy atom. The Morgan fingerprint density at radius 2 is 2.14 bits per heavy atom. The first kappa shape index (κ1) is 19.6. The van der Waals surface area contributed by atoms with Crippen LogP contribution in [0.5, 0.6) is 11.5 Å². The minimum absolute atomic E-state index is 0.0568. The summed E-state index contributed by atoms with van der Waals surface area (Å²) >= 11 is 0. The van der Waals surface area contributed by atoms with Crippen LogP contribution in [0.4, 0.5) is 0 Å². The second-order valence-electron chi connectivity index (χ2n) is 6.39. The minimum Gasteiger partial charge on any atom is -0.490 e. The molecule has 1 fully saturated rings. The summed E-state index contributed by atoms with van der Waals surface area (Å²) in [5.74, 6) is -0.724. The molecule has 0 spiro atoms. The summed E-state index contributed by atoms with van der Waals surface area (Å²) in [5, 5.41) is 12.1. The third-order valence-electron chi connectivity index (χ3n) is 4.41. The summed E-state index contributed by atoms with van der Waals surface area (Å²) in [6, 6.07) is 8.46. The van der Waals surface area contributed by atoms with E-state index in [1.54, 1.807) is 30.6 Å². The number of benzene rings is 1. The number of pyridine rings is 1. The first-order valence-electron chi connectivity index (χ1n) is 8.96. The Balaban J connectivity index is 1.75. The van der Waals surface area contributed by atoms with Crippen LogP contribution >= 0.6 is 0 Å². The van der Waals surface area contributed by atoms with Gasteiger partial charge in [0.1, 0.15) is 6.61 Å².